The molecule has 5 aliphatic rings. The molecule has 24 atom stereocenters. The van der Waals surface area contributed by atoms with Crippen LogP contribution in [0.3, 0.4) is 0 Å². The van der Waals surface area contributed by atoms with Gasteiger partial charge >= 0.3 is 0 Å². The number of rotatable bonds is 12. The van der Waals surface area contributed by atoms with Crippen molar-refractivity contribution in [3.8, 4) is 0 Å². The van der Waals surface area contributed by atoms with E-state index in [0.29, 0.717) is 0 Å². The molecule has 5 rings (SSSR count). The average molecular weight is 778 g/mol. The standard InChI is InChI=1S/C29H55N5O19/c30-2-8-15(39)17(41)12(33)26(46-8)51-24-11(5-37)49-29(21(24)45)53-25-14(38)6(31)1-7(32)22(25)50-27-13(34)18(42)23(10(4-36)48-27)52-28-20(44)19(43)16(40)9(3-35)47-28/h6-29,35-45H,1-5,30-34H2/t6-,7+,8+,9-,10-,11-,12-,13-,14+,15-,16+,17-,18-,19+,20-,21-,22-,23-,24-,25-,26-,27-,28-,29+/m1/s1. The van der Waals surface area contributed by atoms with Gasteiger partial charge in [0.1, 0.15) is 91.6 Å². The molecule has 310 valence electrons. The first-order valence-electron chi connectivity index (χ1n) is 17.3. The molecule has 53 heavy (non-hydrogen) atoms. The first-order chi connectivity index (χ1) is 25.1. The molecule has 0 amide bonds. The molecule has 4 heterocycles. The van der Waals surface area contributed by atoms with Crippen molar-refractivity contribution in [3.05, 3.63) is 0 Å². The van der Waals surface area contributed by atoms with Gasteiger partial charge in [0.25, 0.3) is 0 Å². The predicted octanol–water partition coefficient (Wildman–Crippen LogP) is -11.0. The van der Waals surface area contributed by atoms with Gasteiger partial charge < -0.3 is 123 Å². The fourth-order valence-corrected chi connectivity index (χ4v) is 7.19. The molecule has 24 heteroatoms. The van der Waals surface area contributed by atoms with E-state index >= 15 is 0 Å². The third kappa shape index (κ3) is 8.66. The second kappa shape index (κ2) is 18.1. The minimum atomic E-state index is -1.84. The summed E-state index contributed by atoms with van der Waals surface area (Å²) in [4.78, 5) is 0. The van der Waals surface area contributed by atoms with Crippen molar-refractivity contribution in [2.75, 3.05) is 26.4 Å². The summed E-state index contributed by atoms with van der Waals surface area (Å²) in [6, 6.07) is -4.73. The molecular weight excluding hydrogens is 722 g/mol. The first kappa shape index (κ1) is 43.2. The molecule has 1 saturated carbocycles. The third-order valence-corrected chi connectivity index (χ3v) is 10.4. The Kier molecular flexibility index (Phi) is 14.7. The van der Waals surface area contributed by atoms with Crippen molar-refractivity contribution in [2.45, 2.75) is 153 Å². The monoisotopic (exact) mass is 777 g/mol. The van der Waals surface area contributed by atoms with Gasteiger partial charge in [0.2, 0.25) is 0 Å². The maximum Gasteiger partial charge on any atom is 0.187 e. The summed E-state index contributed by atoms with van der Waals surface area (Å²) in [6.45, 7) is -2.48. The molecule has 0 spiro atoms. The summed E-state index contributed by atoms with van der Waals surface area (Å²) < 4.78 is 46.0. The highest BCUT2D eigenvalue weighted by Gasteiger charge is 2.55. The van der Waals surface area contributed by atoms with Gasteiger partial charge in [-0.15, -0.1) is 0 Å². The highest BCUT2D eigenvalue weighted by Crippen LogP contribution is 2.35. The average Bonchev–Trinajstić information content (AvgIpc) is 3.44. The maximum atomic E-state index is 11.3. The zero-order valence-corrected chi connectivity index (χ0v) is 28.5. The highest BCUT2D eigenvalue weighted by atomic mass is 16.8. The molecule has 24 nitrogen and oxygen atoms in total. The summed E-state index contributed by atoms with van der Waals surface area (Å²) in [6.07, 6.45) is -30.3. The molecule has 5 fully saturated rings. The summed E-state index contributed by atoms with van der Waals surface area (Å²) in [5.74, 6) is 0. The number of hydrogen-bond acceptors (Lipinski definition) is 24. The lowest BCUT2D eigenvalue weighted by Gasteiger charge is -2.49. The van der Waals surface area contributed by atoms with E-state index in [4.69, 9.17) is 66.6 Å². The molecule has 4 aliphatic heterocycles. The number of ether oxygens (including phenoxy) is 8. The van der Waals surface area contributed by atoms with Crippen LogP contribution in [0.15, 0.2) is 0 Å². The lowest BCUT2D eigenvalue weighted by atomic mass is 9.84. The van der Waals surface area contributed by atoms with E-state index < -0.39 is 167 Å². The van der Waals surface area contributed by atoms with E-state index in [1.807, 2.05) is 0 Å². The molecular formula is C29H55N5O19. The molecule has 4 saturated heterocycles. The van der Waals surface area contributed by atoms with Crippen LogP contribution in [-0.4, -0.2) is 230 Å². The number of nitrogens with two attached hydrogens (primary N) is 5. The molecule has 0 aromatic carbocycles. The van der Waals surface area contributed by atoms with E-state index in [9.17, 15) is 56.2 Å². The normalized spacial score (nSPS) is 53.9. The Bertz CT molecular complexity index is 1150. The first-order valence-corrected chi connectivity index (χ1v) is 17.3. The van der Waals surface area contributed by atoms with Gasteiger partial charge in [-0.3, -0.25) is 0 Å². The van der Waals surface area contributed by atoms with Gasteiger partial charge in [-0.05, 0) is 6.42 Å². The van der Waals surface area contributed by atoms with E-state index in [1.165, 1.54) is 0 Å². The molecule has 0 aromatic heterocycles. The minimum absolute atomic E-state index is 0.0189. The second-order valence-electron chi connectivity index (χ2n) is 14.0. The smallest absolute Gasteiger partial charge is 0.187 e. The topological polar surface area (TPSA) is 426 Å². The summed E-state index contributed by atoms with van der Waals surface area (Å²) >= 11 is 0. The Balaban J connectivity index is 1.29. The SMILES string of the molecule is NC[C@@H]1O[C@H](O[C@H]2[C@@H](O)[C@H](O[C@@H]3[C@@H](O)[C@H](N)C[C@H](N)[C@H]3O[C@H]3O[C@H](CO)[C@@H](O[C@H]4O[C@H](CO)[C@H](O)[C@H](O)[C@H]4O)[C@H](O)[C@H]3N)O[C@@H]2CO)[C@H](N)[C@@H](O)[C@@H]1O. The Morgan fingerprint density at radius 1 is 0.415 bits per heavy atom. The minimum Gasteiger partial charge on any atom is -0.394 e. The van der Waals surface area contributed by atoms with Crippen molar-refractivity contribution in [1.29, 1.82) is 0 Å². The lowest BCUT2D eigenvalue weighted by molar-refractivity contribution is -0.355. The molecule has 21 N–H and O–H groups in total. The third-order valence-electron chi connectivity index (χ3n) is 10.4. The van der Waals surface area contributed by atoms with Crippen LogP contribution in [0.5, 0.6) is 0 Å². The highest BCUT2D eigenvalue weighted by molar-refractivity contribution is 5.02. The van der Waals surface area contributed by atoms with Gasteiger partial charge in [0, 0.05) is 18.6 Å². The predicted molar refractivity (Wildman–Crippen MR) is 169 cm³/mol. The quantitative estimate of drug-likeness (QED) is 0.0874. The molecule has 0 bridgehead atoms. The summed E-state index contributed by atoms with van der Waals surface area (Å²) in [5.41, 5.74) is 30.4. The lowest BCUT2D eigenvalue weighted by Crippen LogP contribution is -2.69. The van der Waals surface area contributed by atoms with Crippen molar-refractivity contribution in [2.24, 2.45) is 28.7 Å². The van der Waals surface area contributed by atoms with Crippen LogP contribution in [-0.2, 0) is 37.9 Å². The molecule has 0 radical (unpaired) electrons. The second-order valence-corrected chi connectivity index (χ2v) is 14.0. The Morgan fingerprint density at radius 3 is 1.43 bits per heavy atom. The maximum absolute atomic E-state index is 11.3. The van der Waals surface area contributed by atoms with Crippen LogP contribution in [0.2, 0.25) is 0 Å². The van der Waals surface area contributed by atoms with Gasteiger partial charge in [0.05, 0.1) is 38.0 Å². The molecule has 1 aliphatic carbocycles. The van der Waals surface area contributed by atoms with Crippen LogP contribution in [0, 0.1) is 0 Å². The van der Waals surface area contributed by atoms with Crippen LogP contribution in [0.4, 0.5) is 0 Å². The fraction of sp³-hybridized carbons (Fsp3) is 1.00. The van der Waals surface area contributed by atoms with Crippen LogP contribution < -0.4 is 28.7 Å². The molecule has 0 unspecified atom stereocenters. The van der Waals surface area contributed by atoms with Crippen molar-refractivity contribution < 1.29 is 94.1 Å². The zero-order valence-electron chi connectivity index (χ0n) is 28.5. The number of aliphatic hydroxyl groups excluding tert-OH is 11. The van der Waals surface area contributed by atoms with Gasteiger partial charge in [-0.1, -0.05) is 0 Å². The van der Waals surface area contributed by atoms with E-state index in [-0.39, 0.29) is 13.0 Å². The zero-order chi connectivity index (χ0) is 39.0. The van der Waals surface area contributed by atoms with Crippen molar-refractivity contribution >= 4 is 0 Å². The number of aliphatic hydroxyl groups is 11. The van der Waals surface area contributed by atoms with Gasteiger partial charge in [-0.25, -0.2) is 0 Å². The van der Waals surface area contributed by atoms with Crippen molar-refractivity contribution in [3.63, 3.8) is 0 Å². The Hall–Kier alpha value is -0.960. The number of hydrogen-bond donors (Lipinski definition) is 16. The van der Waals surface area contributed by atoms with Crippen LogP contribution in [0.1, 0.15) is 6.42 Å². The van der Waals surface area contributed by atoms with E-state index in [2.05, 4.69) is 0 Å². The summed E-state index contributed by atoms with van der Waals surface area (Å²) in [5, 5.41) is 115. The largest absolute Gasteiger partial charge is 0.394 e. The van der Waals surface area contributed by atoms with Crippen molar-refractivity contribution in [1.82, 2.24) is 0 Å². The molecule has 0 aromatic rings. The van der Waals surface area contributed by atoms with Gasteiger partial charge in [-0.2, -0.15) is 0 Å². The Morgan fingerprint density at radius 2 is 0.849 bits per heavy atom. The van der Waals surface area contributed by atoms with Gasteiger partial charge in [0.15, 0.2) is 25.2 Å². The van der Waals surface area contributed by atoms with E-state index in [0.717, 1.165) is 0 Å². The summed E-state index contributed by atoms with van der Waals surface area (Å²) in [7, 11) is 0. The van der Waals surface area contributed by atoms with Crippen LogP contribution in [0.25, 0.3) is 0 Å². The Labute approximate surface area is 302 Å². The fourth-order valence-electron chi connectivity index (χ4n) is 7.19. The van der Waals surface area contributed by atoms with E-state index in [1.54, 1.807) is 0 Å². The van der Waals surface area contributed by atoms with Crippen LogP contribution >= 0.6 is 0 Å².